The molecule has 1 amide bonds. The Balaban J connectivity index is 1.95. The number of esters is 1. The zero-order valence-electron chi connectivity index (χ0n) is 11.4. The van der Waals surface area contributed by atoms with E-state index in [4.69, 9.17) is 9.47 Å². The molecule has 0 aromatic heterocycles. The van der Waals surface area contributed by atoms with Crippen molar-refractivity contribution in [3.8, 4) is 0 Å². The molecule has 2 heterocycles. The molecule has 5 nitrogen and oxygen atoms in total. The first-order chi connectivity index (χ1) is 9.60. The van der Waals surface area contributed by atoms with Crippen LogP contribution in [0.4, 0.5) is 4.79 Å². The van der Waals surface area contributed by atoms with Gasteiger partial charge >= 0.3 is 12.1 Å². The van der Waals surface area contributed by atoms with Gasteiger partial charge in [-0.1, -0.05) is 41.3 Å². The molecule has 2 fully saturated rings. The minimum Gasteiger partial charge on any atom is -0.452 e. The molecule has 1 aliphatic carbocycles. The fourth-order valence-corrected chi connectivity index (χ4v) is 4.72. The van der Waals surface area contributed by atoms with E-state index in [1.807, 2.05) is 6.08 Å². The van der Waals surface area contributed by atoms with E-state index in [9.17, 15) is 9.59 Å². The van der Waals surface area contributed by atoms with Gasteiger partial charge in [-0.05, 0) is 12.8 Å². The Morgan fingerprint density at radius 3 is 2.80 bits per heavy atom. The summed E-state index contributed by atoms with van der Waals surface area (Å²) in [4.78, 5) is 25.5. The summed E-state index contributed by atoms with van der Waals surface area (Å²) >= 11 is 3.63. The Labute approximate surface area is 126 Å². The normalized spacial score (nSPS) is 34.8. The Morgan fingerprint density at radius 2 is 2.15 bits per heavy atom. The maximum atomic E-state index is 12.5. The maximum absolute atomic E-state index is 12.5. The number of carbonyl (C=O) groups excluding carboxylic acids is 2. The number of nitrogens with zero attached hydrogens (tertiary/aromatic N) is 1. The first-order valence-corrected chi connectivity index (χ1v) is 7.91. The molecule has 1 unspecified atom stereocenters. The van der Waals surface area contributed by atoms with Gasteiger partial charge in [-0.3, -0.25) is 4.79 Å². The van der Waals surface area contributed by atoms with Crippen molar-refractivity contribution in [2.24, 2.45) is 11.3 Å². The lowest BCUT2D eigenvalue weighted by Gasteiger charge is -2.51. The standard InChI is InChI=1S/C14H18BrNO4/c1-19-13(18)16-8-5-9-10(15)11(16)20-12(17)14(9)6-3-2-4-7-14/h5,8-11H,2-4,6-7H2,1H3/t9-,10?,11-/m1/s1. The number of allylic oxidation sites excluding steroid dienone is 1. The Morgan fingerprint density at radius 1 is 1.45 bits per heavy atom. The van der Waals surface area contributed by atoms with Gasteiger partial charge in [0.2, 0.25) is 0 Å². The summed E-state index contributed by atoms with van der Waals surface area (Å²) in [5.41, 5.74) is -0.415. The SMILES string of the molecule is COC(=O)N1C=C[C@@H]2C(Br)[C@H]1OC(=O)C21CCCCC1. The number of fused-ring (bicyclic) bond motifs is 3. The van der Waals surface area contributed by atoms with Crippen molar-refractivity contribution >= 4 is 28.0 Å². The molecule has 110 valence electrons. The number of alkyl halides is 1. The van der Waals surface area contributed by atoms with E-state index in [0.29, 0.717) is 0 Å². The van der Waals surface area contributed by atoms with Gasteiger partial charge in [0, 0.05) is 12.1 Å². The fourth-order valence-electron chi connectivity index (χ4n) is 3.67. The van der Waals surface area contributed by atoms with Crippen LogP contribution in [-0.4, -0.2) is 35.1 Å². The van der Waals surface area contributed by atoms with E-state index >= 15 is 0 Å². The quantitative estimate of drug-likeness (QED) is 0.501. The van der Waals surface area contributed by atoms with Crippen molar-refractivity contribution in [2.75, 3.05) is 7.11 Å². The van der Waals surface area contributed by atoms with Crippen LogP contribution in [0.2, 0.25) is 0 Å². The van der Waals surface area contributed by atoms with Crippen LogP contribution in [0.15, 0.2) is 12.3 Å². The van der Waals surface area contributed by atoms with E-state index in [-0.39, 0.29) is 16.7 Å². The highest BCUT2D eigenvalue weighted by atomic mass is 79.9. The van der Waals surface area contributed by atoms with Crippen molar-refractivity contribution in [2.45, 2.75) is 43.2 Å². The summed E-state index contributed by atoms with van der Waals surface area (Å²) in [6.45, 7) is 0. The summed E-state index contributed by atoms with van der Waals surface area (Å²) in [6.07, 6.45) is 7.56. The van der Waals surface area contributed by atoms with Crippen LogP contribution < -0.4 is 0 Å². The van der Waals surface area contributed by atoms with Gasteiger partial charge in [0.05, 0.1) is 17.4 Å². The number of ether oxygens (including phenoxy) is 2. The second-order valence-electron chi connectivity index (χ2n) is 5.70. The molecule has 3 aliphatic rings. The number of hydrogen-bond donors (Lipinski definition) is 0. The summed E-state index contributed by atoms with van der Waals surface area (Å²) in [6, 6.07) is 0. The molecule has 1 saturated carbocycles. The van der Waals surface area contributed by atoms with Gasteiger partial charge < -0.3 is 9.47 Å². The number of rotatable bonds is 0. The lowest BCUT2D eigenvalue weighted by molar-refractivity contribution is -0.188. The second-order valence-corrected chi connectivity index (χ2v) is 6.76. The molecule has 2 aliphatic heterocycles. The molecular weight excluding hydrogens is 326 g/mol. The highest BCUT2D eigenvalue weighted by Gasteiger charge is 2.58. The largest absolute Gasteiger partial charge is 0.452 e. The minimum absolute atomic E-state index is 0.0787. The molecule has 0 aromatic rings. The highest BCUT2D eigenvalue weighted by molar-refractivity contribution is 9.09. The summed E-state index contributed by atoms with van der Waals surface area (Å²) in [7, 11) is 1.32. The van der Waals surface area contributed by atoms with Crippen LogP contribution in [0.3, 0.4) is 0 Å². The van der Waals surface area contributed by atoms with Crippen molar-refractivity contribution < 1.29 is 19.1 Å². The lowest BCUT2D eigenvalue weighted by Crippen LogP contribution is -2.61. The van der Waals surface area contributed by atoms with Crippen molar-refractivity contribution in [3.05, 3.63) is 12.3 Å². The average Bonchev–Trinajstić information content (AvgIpc) is 2.47. The van der Waals surface area contributed by atoms with Crippen LogP contribution in [0.1, 0.15) is 32.1 Å². The molecule has 0 aromatic carbocycles. The monoisotopic (exact) mass is 343 g/mol. The average molecular weight is 344 g/mol. The zero-order valence-corrected chi connectivity index (χ0v) is 13.0. The molecule has 0 radical (unpaired) electrons. The van der Waals surface area contributed by atoms with Gasteiger partial charge in [-0.25, -0.2) is 9.69 Å². The van der Waals surface area contributed by atoms with E-state index in [0.717, 1.165) is 25.7 Å². The molecular formula is C14H18BrNO4. The fraction of sp³-hybridized carbons (Fsp3) is 0.714. The minimum atomic E-state index is -0.613. The van der Waals surface area contributed by atoms with Crippen molar-refractivity contribution in [3.63, 3.8) is 0 Å². The number of amides is 1. The number of methoxy groups -OCH3 is 1. The van der Waals surface area contributed by atoms with Crippen molar-refractivity contribution in [1.82, 2.24) is 4.90 Å². The van der Waals surface area contributed by atoms with Gasteiger partial charge in [0.25, 0.3) is 0 Å². The van der Waals surface area contributed by atoms with Crippen LogP contribution in [0.5, 0.6) is 0 Å². The Bertz CT molecular complexity index is 458. The van der Waals surface area contributed by atoms with Crippen LogP contribution >= 0.6 is 15.9 Å². The summed E-state index contributed by atoms with van der Waals surface area (Å²) < 4.78 is 10.3. The Hall–Kier alpha value is -1.04. The highest BCUT2D eigenvalue weighted by Crippen LogP contribution is 2.52. The topological polar surface area (TPSA) is 55.8 Å². The predicted octanol–water partition coefficient (Wildman–Crippen LogP) is 2.80. The third-order valence-corrected chi connectivity index (χ3v) is 5.77. The third-order valence-electron chi connectivity index (χ3n) is 4.75. The molecule has 0 N–H and O–H groups in total. The van der Waals surface area contributed by atoms with Crippen LogP contribution in [0, 0.1) is 11.3 Å². The smallest absolute Gasteiger partial charge is 0.416 e. The van der Waals surface area contributed by atoms with Crippen LogP contribution in [-0.2, 0) is 14.3 Å². The van der Waals surface area contributed by atoms with Gasteiger partial charge in [-0.2, -0.15) is 0 Å². The predicted molar refractivity (Wildman–Crippen MR) is 75.0 cm³/mol. The third kappa shape index (κ3) is 1.88. The lowest BCUT2D eigenvalue weighted by atomic mass is 9.63. The maximum Gasteiger partial charge on any atom is 0.416 e. The number of carbonyl (C=O) groups is 2. The van der Waals surface area contributed by atoms with Crippen molar-refractivity contribution in [1.29, 1.82) is 0 Å². The second kappa shape index (κ2) is 5.06. The molecule has 3 atom stereocenters. The summed E-state index contributed by atoms with van der Waals surface area (Å²) in [5, 5.41) is 0. The van der Waals surface area contributed by atoms with Crippen LogP contribution in [0.25, 0.3) is 0 Å². The molecule has 1 saturated heterocycles. The van der Waals surface area contributed by atoms with Gasteiger partial charge in [-0.15, -0.1) is 0 Å². The van der Waals surface area contributed by atoms with E-state index in [1.165, 1.54) is 18.4 Å². The van der Waals surface area contributed by atoms with E-state index in [1.54, 1.807) is 6.20 Å². The van der Waals surface area contributed by atoms with E-state index in [2.05, 4.69) is 15.9 Å². The molecule has 2 bridgehead atoms. The zero-order chi connectivity index (χ0) is 14.3. The number of halogens is 1. The summed E-state index contributed by atoms with van der Waals surface area (Å²) in [5.74, 6) is -0.0869. The van der Waals surface area contributed by atoms with E-state index < -0.39 is 17.7 Å². The van der Waals surface area contributed by atoms with Gasteiger partial charge in [0.1, 0.15) is 0 Å². The Kier molecular flexibility index (Phi) is 3.52. The molecule has 20 heavy (non-hydrogen) atoms. The molecule has 3 rings (SSSR count). The first kappa shape index (κ1) is 13.9. The molecule has 6 heteroatoms. The van der Waals surface area contributed by atoms with Gasteiger partial charge in [0.15, 0.2) is 6.23 Å². The molecule has 1 spiro atoms. The first-order valence-electron chi connectivity index (χ1n) is 7.00. The number of hydrogen-bond acceptors (Lipinski definition) is 4.